The van der Waals surface area contributed by atoms with Gasteiger partial charge in [0.2, 0.25) is 0 Å². The van der Waals surface area contributed by atoms with Gasteiger partial charge in [0.05, 0.1) is 32.1 Å². The van der Waals surface area contributed by atoms with Gasteiger partial charge in [-0.1, -0.05) is 18.2 Å². The van der Waals surface area contributed by atoms with Crippen molar-refractivity contribution in [3.05, 3.63) is 29.8 Å². The monoisotopic (exact) mass is 272 g/mol. The number of ether oxygens (including phenoxy) is 2. The molecular formula is C12H16O5S. The van der Waals surface area contributed by atoms with Crippen LogP contribution in [0.1, 0.15) is 12.0 Å². The fourth-order valence-corrected chi connectivity index (χ4v) is 2.81. The first-order valence-corrected chi connectivity index (χ1v) is 7.20. The van der Waals surface area contributed by atoms with Gasteiger partial charge >= 0.3 is 5.97 Å². The maximum atomic E-state index is 11.8. The molecule has 0 fully saturated rings. The quantitative estimate of drug-likeness (QED) is 0.727. The van der Waals surface area contributed by atoms with Crippen LogP contribution in [-0.4, -0.2) is 34.4 Å². The van der Waals surface area contributed by atoms with E-state index < -0.39 is 15.8 Å². The Kier molecular flexibility index (Phi) is 5.15. The molecule has 0 N–H and O–H groups in total. The Bertz CT molecular complexity index is 507. The molecule has 0 saturated heterocycles. The zero-order valence-electron chi connectivity index (χ0n) is 10.4. The maximum absolute atomic E-state index is 11.8. The zero-order chi connectivity index (χ0) is 13.6. The number of carbonyl (C=O) groups is 1. The average molecular weight is 272 g/mol. The molecule has 0 aliphatic heterocycles. The van der Waals surface area contributed by atoms with Crippen LogP contribution in [0.3, 0.4) is 0 Å². The molecule has 0 heterocycles. The van der Waals surface area contributed by atoms with Gasteiger partial charge in [0.25, 0.3) is 0 Å². The highest BCUT2D eigenvalue weighted by molar-refractivity contribution is 7.90. The molecule has 0 radical (unpaired) electrons. The summed E-state index contributed by atoms with van der Waals surface area (Å²) in [5, 5.41) is 0. The van der Waals surface area contributed by atoms with E-state index in [1.54, 1.807) is 24.3 Å². The van der Waals surface area contributed by atoms with Gasteiger partial charge in [0.15, 0.2) is 9.84 Å². The largest absolute Gasteiger partial charge is 0.496 e. The lowest BCUT2D eigenvalue weighted by atomic mass is 10.2. The number of esters is 1. The van der Waals surface area contributed by atoms with Crippen molar-refractivity contribution < 1.29 is 22.7 Å². The van der Waals surface area contributed by atoms with Crippen LogP contribution in [0.5, 0.6) is 5.75 Å². The summed E-state index contributed by atoms with van der Waals surface area (Å²) in [6, 6.07) is 6.90. The Labute approximate surface area is 107 Å². The van der Waals surface area contributed by atoms with Crippen LogP contribution in [-0.2, 0) is 25.1 Å². The van der Waals surface area contributed by atoms with E-state index in [-0.39, 0.29) is 17.9 Å². The molecule has 0 unspecified atom stereocenters. The highest BCUT2D eigenvalue weighted by Gasteiger charge is 2.16. The summed E-state index contributed by atoms with van der Waals surface area (Å²) >= 11 is 0. The lowest BCUT2D eigenvalue weighted by molar-refractivity contribution is -0.140. The highest BCUT2D eigenvalue weighted by Crippen LogP contribution is 2.20. The molecule has 1 aromatic rings. The summed E-state index contributed by atoms with van der Waals surface area (Å²) in [4.78, 5) is 10.9. The predicted molar refractivity (Wildman–Crippen MR) is 67.1 cm³/mol. The number of para-hydroxylation sites is 1. The van der Waals surface area contributed by atoms with Gasteiger partial charge in [-0.2, -0.15) is 0 Å². The lowest BCUT2D eigenvalue weighted by Crippen LogP contribution is -2.14. The van der Waals surface area contributed by atoms with E-state index >= 15 is 0 Å². The standard InChI is InChI=1S/C12H16O5S/c1-16-11-6-4-3-5-10(11)9-18(14,15)8-7-12(13)17-2/h3-6H,7-9H2,1-2H3. The summed E-state index contributed by atoms with van der Waals surface area (Å²) in [5.74, 6) is -0.371. The minimum atomic E-state index is -3.35. The van der Waals surface area contributed by atoms with E-state index in [2.05, 4.69) is 4.74 Å². The van der Waals surface area contributed by atoms with Crippen LogP contribution >= 0.6 is 0 Å². The minimum Gasteiger partial charge on any atom is -0.496 e. The molecule has 0 amide bonds. The topological polar surface area (TPSA) is 69.7 Å². The number of hydrogen-bond donors (Lipinski definition) is 0. The summed E-state index contributed by atoms with van der Waals surface area (Å²) in [7, 11) is -0.636. The lowest BCUT2D eigenvalue weighted by Gasteiger charge is -2.08. The molecule has 0 spiro atoms. The van der Waals surface area contributed by atoms with E-state index in [0.717, 1.165) is 0 Å². The third-order valence-corrected chi connectivity index (χ3v) is 3.99. The van der Waals surface area contributed by atoms with Crippen molar-refractivity contribution in [2.24, 2.45) is 0 Å². The van der Waals surface area contributed by atoms with Crippen LogP contribution in [0.2, 0.25) is 0 Å². The van der Waals surface area contributed by atoms with Crippen molar-refractivity contribution >= 4 is 15.8 Å². The molecule has 0 aromatic heterocycles. The van der Waals surface area contributed by atoms with Crippen molar-refractivity contribution in [1.82, 2.24) is 0 Å². The first kappa shape index (κ1) is 14.5. The van der Waals surface area contributed by atoms with Crippen LogP contribution in [0.4, 0.5) is 0 Å². The number of sulfone groups is 1. The second-order valence-corrected chi connectivity index (χ2v) is 5.91. The minimum absolute atomic E-state index is 0.131. The Balaban J connectivity index is 2.73. The van der Waals surface area contributed by atoms with Crippen LogP contribution in [0.25, 0.3) is 0 Å². The molecule has 1 aromatic carbocycles. The van der Waals surface area contributed by atoms with E-state index in [4.69, 9.17) is 4.74 Å². The molecule has 0 bridgehead atoms. The summed E-state index contributed by atoms with van der Waals surface area (Å²) < 4.78 is 33.1. The fraction of sp³-hybridized carbons (Fsp3) is 0.417. The molecule has 0 atom stereocenters. The Morgan fingerprint density at radius 1 is 1.22 bits per heavy atom. The van der Waals surface area contributed by atoms with E-state index in [1.807, 2.05) is 0 Å². The molecule has 0 aliphatic rings. The van der Waals surface area contributed by atoms with Gasteiger partial charge in [-0.25, -0.2) is 8.42 Å². The normalized spacial score (nSPS) is 11.0. The van der Waals surface area contributed by atoms with E-state index in [9.17, 15) is 13.2 Å². The Hall–Kier alpha value is -1.56. The predicted octanol–water partition coefficient (Wildman–Crippen LogP) is 1.17. The Morgan fingerprint density at radius 3 is 2.50 bits per heavy atom. The number of benzene rings is 1. The van der Waals surface area contributed by atoms with Gasteiger partial charge in [-0.3, -0.25) is 4.79 Å². The first-order chi connectivity index (χ1) is 8.48. The zero-order valence-corrected chi connectivity index (χ0v) is 11.2. The van der Waals surface area contributed by atoms with Gasteiger partial charge in [-0.15, -0.1) is 0 Å². The molecule has 18 heavy (non-hydrogen) atoms. The van der Waals surface area contributed by atoms with Crippen molar-refractivity contribution in [3.63, 3.8) is 0 Å². The average Bonchev–Trinajstić information content (AvgIpc) is 2.36. The summed E-state index contributed by atoms with van der Waals surface area (Å²) in [6.45, 7) is 0. The van der Waals surface area contributed by atoms with E-state index in [0.29, 0.717) is 11.3 Å². The highest BCUT2D eigenvalue weighted by atomic mass is 32.2. The smallest absolute Gasteiger partial charge is 0.306 e. The van der Waals surface area contributed by atoms with E-state index in [1.165, 1.54) is 14.2 Å². The number of carbonyl (C=O) groups excluding carboxylic acids is 1. The van der Waals surface area contributed by atoms with Gasteiger partial charge in [-0.05, 0) is 6.07 Å². The van der Waals surface area contributed by atoms with Gasteiger partial charge in [0, 0.05) is 5.56 Å². The van der Waals surface area contributed by atoms with Crippen molar-refractivity contribution in [3.8, 4) is 5.75 Å². The molecule has 1 rings (SSSR count). The molecule has 0 aliphatic carbocycles. The second kappa shape index (κ2) is 6.39. The maximum Gasteiger partial charge on any atom is 0.306 e. The van der Waals surface area contributed by atoms with Crippen molar-refractivity contribution in [1.29, 1.82) is 0 Å². The SMILES string of the molecule is COC(=O)CCS(=O)(=O)Cc1ccccc1OC. The number of rotatable bonds is 6. The van der Waals surface area contributed by atoms with Gasteiger partial charge in [0.1, 0.15) is 5.75 Å². The van der Waals surface area contributed by atoms with Crippen molar-refractivity contribution in [2.75, 3.05) is 20.0 Å². The van der Waals surface area contributed by atoms with Crippen LogP contribution < -0.4 is 4.74 Å². The van der Waals surface area contributed by atoms with Crippen LogP contribution in [0, 0.1) is 0 Å². The third-order valence-electron chi connectivity index (χ3n) is 2.41. The van der Waals surface area contributed by atoms with Crippen molar-refractivity contribution in [2.45, 2.75) is 12.2 Å². The summed E-state index contributed by atoms with van der Waals surface area (Å²) in [6.07, 6.45) is -0.131. The third kappa shape index (κ3) is 4.37. The molecule has 5 nitrogen and oxygen atoms in total. The number of methoxy groups -OCH3 is 2. The summed E-state index contributed by atoms with van der Waals surface area (Å²) in [5.41, 5.74) is 0.588. The van der Waals surface area contributed by atoms with Gasteiger partial charge < -0.3 is 9.47 Å². The molecule has 6 heteroatoms. The Morgan fingerprint density at radius 2 is 1.89 bits per heavy atom. The molecule has 100 valence electrons. The fourth-order valence-electron chi connectivity index (χ4n) is 1.47. The van der Waals surface area contributed by atoms with Crippen LogP contribution in [0.15, 0.2) is 24.3 Å². The first-order valence-electron chi connectivity index (χ1n) is 5.37. The number of hydrogen-bond acceptors (Lipinski definition) is 5. The molecule has 0 saturated carbocycles. The second-order valence-electron chi connectivity index (χ2n) is 3.73. The molecular weight excluding hydrogens is 256 g/mol.